The minimum Gasteiger partial charge on any atom is -0.339 e. The summed E-state index contributed by atoms with van der Waals surface area (Å²) in [5.41, 5.74) is 3.06. The van der Waals surface area contributed by atoms with E-state index in [4.69, 9.17) is 0 Å². The van der Waals surface area contributed by atoms with Crippen LogP contribution in [0.25, 0.3) is 0 Å². The van der Waals surface area contributed by atoms with Gasteiger partial charge in [-0.1, -0.05) is 12.1 Å². The number of hydrogen-bond donors (Lipinski definition) is 1. The van der Waals surface area contributed by atoms with E-state index in [0.29, 0.717) is 29.2 Å². The molecule has 1 amide bonds. The lowest BCUT2D eigenvalue weighted by atomic mass is 10.1. The molecule has 29 heavy (non-hydrogen) atoms. The molecular formula is C21H17N3O3S2. The number of benzene rings is 2. The minimum atomic E-state index is -3.67. The molecule has 0 atom stereocenters. The predicted molar refractivity (Wildman–Crippen MR) is 113 cm³/mol. The van der Waals surface area contributed by atoms with Gasteiger partial charge in [-0.2, -0.15) is 8.42 Å². The van der Waals surface area contributed by atoms with Crippen molar-refractivity contribution in [3.8, 4) is 0 Å². The highest BCUT2D eigenvalue weighted by Gasteiger charge is 2.28. The van der Waals surface area contributed by atoms with Gasteiger partial charge in [0.05, 0.1) is 0 Å². The van der Waals surface area contributed by atoms with E-state index in [9.17, 15) is 13.2 Å². The van der Waals surface area contributed by atoms with E-state index in [0.717, 1.165) is 13.0 Å². The van der Waals surface area contributed by atoms with Gasteiger partial charge in [0.15, 0.2) is 5.84 Å². The topological polar surface area (TPSA) is 78.8 Å². The summed E-state index contributed by atoms with van der Waals surface area (Å²) >= 11 is 1.75. The Labute approximate surface area is 172 Å². The fourth-order valence-electron chi connectivity index (χ4n) is 3.63. The van der Waals surface area contributed by atoms with E-state index < -0.39 is 10.0 Å². The second-order valence-corrected chi connectivity index (χ2v) is 9.53. The van der Waals surface area contributed by atoms with Crippen molar-refractivity contribution in [3.05, 3.63) is 81.5 Å². The highest BCUT2D eigenvalue weighted by Crippen LogP contribution is 2.27. The van der Waals surface area contributed by atoms with Crippen molar-refractivity contribution < 1.29 is 13.2 Å². The molecule has 1 N–H and O–H groups in total. The molecule has 0 spiro atoms. The molecule has 0 fully saturated rings. The van der Waals surface area contributed by atoms with Crippen LogP contribution in [-0.2, 0) is 23.0 Å². The van der Waals surface area contributed by atoms with Gasteiger partial charge in [-0.15, -0.1) is 15.7 Å². The van der Waals surface area contributed by atoms with Crippen LogP contribution in [0.1, 0.15) is 26.4 Å². The molecule has 8 heteroatoms. The zero-order chi connectivity index (χ0) is 20.0. The van der Waals surface area contributed by atoms with Gasteiger partial charge >= 0.3 is 0 Å². The maximum atomic E-state index is 12.8. The molecule has 2 aromatic carbocycles. The number of amidine groups is 1. The van der Waals surface area contributed by atoms with Crippen LogP contribution in [0.15, 0.2) is 69.3 Å². The molecule has 2 aliphatic heterocycles. The van der Waals surface area contributed by atoms with Crippen molar-refractivity contribution in [1.82, 2.24) is 4.90 Å². The van der Waals surface area contributed by atoms with Gasteiger partial charge in [-0.05, 0) is 59.8 Å². The molecule has 3 heterocycles. The fraction of sp³-hybridized carbons (Fsp3) is 0.143. The average molecular weight is 424 g/mol. The lowest BCUT2D eigenvalue weighted by molar-refractivity contribution is 0.0736. The first-order valence-electron chi connectivity index (χ1n) is 9.17. The lowest BCUT2D eigenvalue weighted by Gasteiger charge is -2.27. The molecule has 2 aliphatic rings. The minimum absolute atomic E-state index is 0.000435. The first kappa shape index (κ1) is 18.1. The van der Waals surface area contributed by atoms with Gasteiger partial charge in [0.2, 0.25) is 0 Å². The Morgan fingerprint density at radius 1 is 1.07 bits per heavy atom. The van der Waals surface area contributed by atoms with E-state index in [1.165, 1.54) is 10.4 Å². The molecule has 0 saturated carbocycles. The van der Waals surface area contributed by atoms with Crippen LogP contribution in [0.2, 0.25) is 0 Å². The number of nitrogens with zero attached hydrogens (tertiary/aromatic N) is 2. The van der Waals surface area contributed by atoms with Gasteiger partial charge in [-0.25, -0.2) is 0 Å². The molecule has 0 unspecified atom stereocenters. The van der Waals surface area contributed by atoms with Gasteiger partial charge in [0, 0.05) is 34.8 Å². The number of nitrogens with one attached hydrogen (secondary N) is 1. The van der Waals surface area contributed by atoms with Gasteiger partial charge in [-0.3, -0.25) is 4.79 Å². The number of carbonyl (C=O) groups is 1. The van der Waals surface area contributed by atoms with Crippen LogP contribution < -0.4 is 5.32 Å². The second kappa shape index (κ2) is 6.82. The maximum Gasteiger partial charge on any atom is 0.285 e. The number of anilines is 1. The molecule has 0 saturated heterocycles. The summed E-state index contributed by atoms with van der Waals surface area (Å²) in [7, 11) is -3.67. The molecule has 3 aromatic rings. The standard InChI is InChI=1S/C21H17N3O3S2/c25-21(24-11-9-18-15(13-24)10-12-28-18)14-5-7-16(8-6-14)22-20-17-3-1-2-4-19(17)29(26,27)23-20/h1-8,10,12H,9,11,13H2,(H,22,23). The molecular weight excluding hydrogens is 406 g/mol. The van der Waals surface area contributed by atoms with Crippen molar-refractivity contribution in [2.75, 3.05) is 11.9 Å². The number of hydrogen-bond acceptors (Lipinski definition) is 5. The smallest absolute Gasteiger partial charge is 0.285 e. The van der Waals surface area contributed by atoms with Gasteiger partial charge < -0.3 is 10.2 Å². The number of amides is 1. The fourth-order valence-corrected chi connectivity index (χ4v) is 5.70. The van der Waals surface area contributed by atoms with Crippen LogP contribution in [0.3, 0.4) is 0 Å². The van der Waals surface area contributed by atoms with E-state index >= 15 is 0 Å². The average Bonchev–Trinajstić information content (AvgIpc) is 3.30. The van der Waals surface area contributed by atoms with Crippen molar-refractivity contribution in [2.24, 2.45) is 4.40 Å². The molecule has 0 aliphatic carbocycles. The molecule has 6 nitrogen and oxygen atoms in total. The van der Waals surface area contributed by atoms with E-state index in [1.807, 2.05) is 4.90 Å². The zero-order valence-corrected chi connectivity index (χ0v) is 17.0. The van der Waals surface area contributed by atoms with E-state index in [1.54, 1.807) is 59.9 Å². The third-order valence-electron chi connectivity index (χ3n) is 5.12. The summed E-state index contributed by atoms with van der Waals surface area (Å²) < 4.78 is 28.2. The summed E-state index contributed by atoms with van der Waals surface area (Å²) in [4.78, 5) is 16.3. The highest BCUT2D eigenvalue weighted by molar-refractivity contribution is 7.90. The Kier molecular flexibility index (Phi) is 4.25. The number of fused-ring (bicyclic) bond motifs is 2. The van der Waals surface area contributed by atoms with Crippen molar-refractivity contribution >= 4 is 38.8 Å². The number of rotatable bonds is 2. The van der Waals surface area contributed by atoms with E-state index in [-0.39, 0.29) is 10.8 Å². The SMILES string of the molecule is O=C(c1ccc(NC2=NS(=O)(=O)c3ccccc32)cc1)N1CCc2sccc2C1. The Morgan fingerprint density at radius 2 is 1.86 bits per heavy atom. The van der Waals surface area contributed by atoms with Crippen LogP contribution in [-0.4, -0.2) is 31.6 Å². The third-order valence-corrected chi connectivity index (χ3v) is 7.48. The van der Waals surface area contributed by atoms with Crippen LogP contribution in [0.5, 0.6) is 0 Å². The zero-order valence-electron chi connectivity index (χ0n) is 15.3. The summed E-state index contributed by atoms with van der Waals surface area (Å²) in [6.45, 7) is 1.36. The van der Waals surface area contributed by atoms with Crippen molar-refractivity contribution in [1.29, 1.82) is 0 Å². The van der Waals surface area contributed by atoms with E-state index in [2.05, 4.69) is 21.2 Å². The number of thiophene rings is 1. The Balaban J connectivity index is 1.33. The Hall–Kier alpha value is -2.97. The summed E-state index contributed by atoms with van der Waals surface area (Å²) in [6.07, 6.45) is 0.895. The maximum absolute atomic E-state index is 12.8. The molecule has 146 valence electrons. The quantitative estimate of drug-likeness (QED) is 0.684. The first-order valence-corrected chi connectivity index (χ1v) is 11.5. The van der Waals surface area contributed by atoms with Crippen LogP contribution in [0, 0.1) is 0 Å². The summed E-state index contributed by atoms with van der Waals surface area (Å²) in [5, 5.41) is 5.13. The first-order chi connectivity index (χ1) is 14.0. The summed E-state index contributed by atoms with van der Waals surface area (Å²) in [6, 6.07) is 15.8. The van der Waals surface area contributed by atoms with Crippen LogP contribution in [0.4, 0.5) is 5.69 Å². The Bertz CT molecular complexity index is 1240. The second-order valence-electron chi connectivity index (χ2n) is 6.96. The monoisotopic (exact) mass is 423 g/mol. The third kappa shape index (κ3) is 3.24. The summed E-state index contributed by atoms with van der Waals surface area (Å²) in [5.74, 6) is 0.292. The number of sulfonamides is 1. The number of carbonyl (C=O) groups excluding carboxylic acids is 1. The van der Waals surface area contributed by atoms with Crippen molar-refractivity contribution in [3.63, 3.8) is 0 Å². The molecule has 0 radical (unpaired) electrons. The van der Waals surface area contributed by atoms with Crippen molar-refractivity contribution in [2.45, 2.75) is 17.9 Å². The van der Waals surface area contributed by atoms with Gasteiger partial charge in [0.25, 0.3) is 15.9 Å². The largest absolute Gasteiger partial charge is 0.339 e. The van der Waals surface area contributed by atoms with Crippen LogP contribution >= 0.6 is 11.3 Å². The normalized spacial score (nSPS) is 16.7. The predicted octanol–water partition coefficient (Wildman–Crippen LogP) is 3.51. The molecule has 1 aromatic heterocycles. The van der Waals surface area contributed by atoms with Gasteiger partial charge in [0.1, 0.15) is 4.90 Å². The Morgan fingerprint density at radius 3 is 2.69 bits per heavy atom. The lowest BCUT2D eigenvalue weighted by Crippen LogP contribution is -2.35. The molecule has 5 rings (SSSR count). The highest BCUT2D eigenvalue weighted by atomic mass is 32.2. The molecule has 0 bridgehead atoms.